The average Bonchev–Trinajstić information content (AvgIpc) is 3.31. The summed E-state index contributed by atoms with van der Waals surface area (Å²) in [5, 5.41) is 21.2. The SMILES string of the molecule is CC(C)(C)OC(=O)N1[C@H]([C@@H](O)c2cccc(/N=N/N3CCCC3)c2F)C2CC1(C)C2. The molecule has 1 amide bonds. The normalized spacial score (nSPS) is 29.4. The van der Waals surface area contributed by atoms with Crippen molar-refractivity contribution in [2.24, 2.45) is 16.3 Å². The number of hydrogen-bond donors (Lipinski definition) is 1. The molecule has 5 rings (SSSR count). The number of hydrogen-bond acceptors (Lipinski definition) is 5. The highest BCUT2D eigenvalue weighted by atomic mass is 19.1. The van der Waals surface area contributed by atoms with Gasteiger partial charge in [0.2, 0.25) is 0 Å². The van der Waals surface area contributed by atoms with E-state index in [9.17, 15) is 9.90 Å². The molecule has 2 atom stereocenters. The maximum Gasteiger partial charge on any atom is 0.411 e. The molecule has 30 heavy (non-hydrogen) atoms. The van der Waals surface area contributed by atoms with E-state index in [1.165, 1.54) is 0 Å². The van der Waals surface area contributed by atoms with Crippen molar-refractivity contribution >= 4 is 11.8 Å². The molecule has 164 valence electrons. The van der Waals surface area contributed by atoms with Crippen molar-refractivity contribution in [2.45, 2.75) is 76.7 Å². The number of aliphatic hydroxyl groups excluding tert-OH is 1. The van der Waals surface area contributed by atoms with Crippen LogP contribution < -0.4 is 0 Å². The largest absolute Gasteiger partial charge is 0.444 e. The number of aliphatic hydroxyl groups is 1. The Bertz CT molecular complexity index is 841. The number of benzene rings is 1. The van der Waals surface area contributed by atoms with Crippen LogP contribution in [0.3, 0.4) is 0 Å². The van der Waals surface area contributed by atoms with Crippen LogP contribution in [0.15, 0.2) is 28.5 Å². The minimum absolute atomic E-state index is 0.0961. The molecule has 4 fully saturated rings. The lowest BCUT2D eigenvalue weighted by molar-refractivity contribution is -0.00944. The maximum atomic E-state index is 15.2. The average molecular weight is 419 g/mol. The van der Waals surface area contributed by atoms with E-state index >= 15 is 4.39 Å². The van der Waals surface area contributed by atoms with E-state index in [2.05, 4.69) is 10.3 Å². The van der Waals surface area contributed by atoms with Gasteiger partial charge in [0, 0.05) is 24.2 Å². The number of fused-ring (bicyclic) bond motifs is 1. The molecule has 4 aliphatic rings. The van der Waals surface area contributed by atoms with Crippen LogP contribution in [0.4, 0.5) is 14.9 Å². The Labute approximate surface area is 176 Å². The molecule has 1 aliphatic carbocycles. The lowest BCUT2D eigenvalue weighted by Gasteiger charge is -2.39. The van der Waals surface area contributed by atoms with Gasteiger partial charge in [-0.3, -0.25) is 9.91 Å². The maximum absolute atomic E-state index is 15.2. The third-order valence-electron chi connectivity index (χ3n) is 6.37. The van der Waals surface area contributed by atoms with Crippen molar-refractivity contribution in [3.8, 4) is 0 Å². The zero-order valence-electron chi connectivity index (χ0n) is 18.1. The molecule has 0 aromatic heterocycles. The van der Waals surface area contributed by atoms with Gasteiger partial charge in [-0.25, -0.2) is 9.18 Å². The summed E-state index contributed by atoms with van der Waals surface area (Å²) >= 11 is 0. The van der Waals surface area contributed by atoms with Gasteiger partial charge < -0.3 is 9.84 Å². The second-order valence-electron chi connectivity index (χ2n) is 9.98. The third kappa shape index (κ3) is 3.77. The van der Waals surface area contributed by atoms with Gasteiger partial charge in [0.05, 0.1) is 6.04 Å². The summed E-state index contributed by atoms with van der Waals surface area (Å²) in [6.07, 6.45) is 2.06. The molecule has 8 heteroatoms. The number of amides is 1. The van der Waals surface area contributed by atoms with Crippen molar-refractivity contribution < 1.29 is 19.0 Å². The predicted octanol–water partition coefficient (Wildman–Crippen LogP) is 4.74. The van der Waals surface area contributed by atoms with E-state index in [-0.39, 0.29) is 22.7 Å². The van der Waals surface area contributed by atoms with Crippen molar-refractivity contribution in [3.63, 3.8) is 0 Å². The Morgan fingerprint density at radius 1 is 1.30 bits per heavy atom. The number of ether oxygens (including phenoxy) is 1. The number of carbonyl (C=O) groups is 1. The van der Waals surface area contributed by atoms with Gasteiger partial charge in [0.1, 0.15) is 17.4 Å². The molecule has 1 N–H and O–H groups in total. The molecule has 1 aromatic rings. The first-order valence-electron chi connectivity index (χ1n) is 10.7. The van der Waals surface area contributed by atoms with Gasteiger partial charge in [0.15, 0.2) is 5.82 Å². The Morgan fingerprint density at radius 2 is 1.97 bits per heavy atom. The molecule has 3 saturated heterocycles. The van der Waals surface area contributed by atoms with Gasteiger partial charge in [0.25, 0.3) is 0 Å². The first-order chi connectivity index (χ1) is 14.1. The Hall–Kier alpha value is -2.22. The highest BCUT2D eigenvalue weighted by molar-refractivity contribution is 5.71. The summed E-state index contributed by atoms with van der Waals surface area (Å²) in [5.74, 6) is -0.474. The lowest BCUT2D eigenvalue weighted by atomic mass is 9.72. The fourth-order valence-corrected chi connectivity index (χ4v) is 5.06. The highest BCUT2D eigenvalue weighted by Crippen LogP contribution is 2.57. The summed E-state index contributed by atoms with van der Waals surface area (Å²) in [4.78, 5) is 14.5. The summed E-state index contributed by atoms with van der Waals surface area (Å²) in [6.45, 7) is 9.08. The van der Waals surface area contributed by atoms with Gasteiger partial charge in [-0.1, -0.05) is 17.4 Å². The van der Waals surface area contributed by atoms with E-state index in [1.807, 2.05) is 32.7 Å². The molecule has 2 bridgehead atoms. The van der Waals surface area contributed by atoms with Crippen molar-refractivity contribution in [3.05, 3.63) is 29.6 Å². The topological polar surface area (TPSA) is 77.7 Å². The zero-order chi connectivity index (χ0) is 21.7. The number of halogens is 1. The Balaban J connectivity index is 1.58. The van der Waals surface area contributed by atoms with E-state index in [0.29, 0.717) is 0 Å². The molecular weight excluding hydrogens is 387 g/mol. The van der Waals surface area contributed by atoms with Crippen LogP contribution in [0.25, 0.3) is 0 Å². The Kier molecular flexibility index (Phi) is 5.24. The van der Waals surface area contributed by atoms with Crippen LogP contribution in [0.5, 0.6) is 0 Å². The van der Waals surface area contributed by atoms with Crippen molar-refractivity contribution in [1.29, 1.82) is 0 Å². The minimum Gasteiger partial charge on any atom is -0.444 e. The summed E-state index contributed by atoms with van der Waals surface area (Å²) in [7, 11) is 0. The quantitative estimate of drug-likeness (QED) is 0.717. The molecule has 1 saturated carbocycles. The van der Waals surface area contributed by atoms with Gasteiger partial charge >= 0.3 is 6.09 Å². The number of carbonyl (C=O) groups excluding carboxylic acids is 1. The molecule has 7 nitrogen and oxygen atoms in total. The van der Waals surface area contributed by atoms with E-state index in [1.54, 1.807) is 23.1 Å². The van der Waals surface area contributed by atoms with Crippen LogP contribution in [-0.4, -0.2) is 51.4 Å². The molecule has 0 radical (unpaired) electrons. The fourth-order valence-electron chi connectivity index (χ4n) is 5.06. The molecule has 1 aromatic carbocycles. The molecular formula is C22H31FN4O3. The van der Waals surface area contributed by atoms with E-state index in [0.717, 1.165) is 38.8 Å². The van der Waals surface area contributed by atoms with Crippen molar-refractivity contribution in [1.82, 2.24) is 9.91 Å². The smallest absolute Gasteiger partial charge is 0.411 e. The monoisotopic (exact) mass is 418 g/mol. The van der Waals surface area contributed by atoms with Crippen LogP contribution in [0.2, 0.25) is 0 Å². The molecule has 0 spiro atoms. The first kappa shape index (κ1) is 21.0. The lowest BCUT2D eigenvalue weighted by Crippen LogP contribution is -2.49. The van der Waals surface area contributed by atoms with E-state index < -0.39 is 29.7 Å². The molecule has 3 heterocycles. The summed E-state index contributed by atoms with van der Waals surface area (Å²) in [6, 6.07) is 4.25. The van der Waals surface area contributed by atoms with Crippen LogP contribution in [0.1, 0.15) is 65.0 Å². The van der Waals surface area contributed by atoms with Crippen LogP contribution >= 0.6 is 0 Å². The van der Waals surface area contributed by atoms with Gasteiger partial charge in [-0.05, 0) is 65.4 Å². The third-order valence-corrected chi connectivity index (χ3v) is 6.37. The number of rotatable bonds is 4. The highest BCUT2D eigenvalue weighted by Gasteiger charge is 2.63. The summed E-state index contributed by atoms with van der Waals surface area (Å²) in [5.41, 5.74) is -0.763. The van der Waals surface area contributed by atoms with Crippen molar-refractivity contribution in [2.75, 3.05) is 13.1 Å². The van der Waals surface area contributed by atoms with Crippen LogP contribution in [0, 0.1) is 11.7 Å². The fraction of sp³-hybridized carbons (Fsp3) is 0.682. The number of nitrogens with zero attached hydrogens (tertiary/aromatic N) is 4. The summed E-state index contributed by atoms with van der Waals surface area (Å²) < 4.78 is 20.8. The molecule has 0 unspecified atom stereocenters. The predicted molar refractivity (Wildman–Crippen MR) is 110 cm³/mol. The minimum atomic E-state index is -1.16. The second-order valence-corrected chi connectivity index (χ2v) is 9.98. The second kappa shape index (κ2) is 7.48. The Morgan fingerprint density at radius 3 is 2.60 bits per heavy atom. The first-order valence-corrected chi connectivity index (χ1v) is 10.7. The van der Waals surface area contributed by atoms with Crippen LogP contribution in [-0.2, 0) is 4.74 Å². The standard InChI is InChI=1S/C22H31FN4O3/c1-21(2,3)30-20(29)27-18(14-12-22(27,4)13-14)19(28)15-8-7-9-16(17(15)23)24-25-26-10-5-6-11-26/h7-9,14,18-19,28H,5-6,10-13H2,1-4H3/b25-24+/t14?,18-,19-,22?/m0/s1. The van der Waals surface area contributed by atoms with Gasteiger partial charge in [-0.15, -0.1) is 5.11 Å². The zero-order valence-corrected chi connectivity index (χ0v) is 18.1. The van der Waals surface area contributed by atoms with Gasteiger partial charge in [-0.2, -0.15) is 0 Å². The molecule has 3 aliphatic heterocycles. The van der Waals surface area contributed by atoms with E-state index in [4.69, 9.17) is 4.74 Å².